The van der Waals surface area contributed by atoms with Gasteiger partial charge in [-0.25, -0.2) is 8.42 Å². The van der Waals surface area contributed by atoms with Crippen molar-refractivity contribution in [3.63, 3.8) is 0 Å². The molecule has 0 spiro atoms. The fourth-order valence-electron chi connectivity index (χ4n) is 4.01. The van der Waals surface area contributed by atoms with Gasteiger partial charge in [0.05, 0.1) is 11.9 Å². The molecule has 1 N–H and O–H groups in total. The molecule has 0 aliphatic heterocycles. The lowest BCUT2D eigenvalue weighted by molar-refractivity contribution is -0.140. The van der Waals surface area contributed by atoms with Crippen LogP contribution in [0.4, 0.5) is 5.69 Å². The molecule has 3 aromatic carbocycles. The average molecular weight is 679 g/mol. The van der Waals surface area contributed by atoms with Crippen LogP contribution in [0.25, 0.3) is 0 Å². The van der Waals surface area contributed by atoms with Gasteiger partial charge in [0.15, 0.2) is 0 Å². The molecule has 0 aliphatic rings. The molecule has 0 saturated carbocycles. The van der Waals surface area contributed by atoms with Crippen LogP contribution < -0.4 is 9.62 Å². The molecule has 2 amide bonds. The van der Waals surface area contributed by atoms with Crippen molar-refractivity contribution in [1.82, 2.24) is 10.2 Å². The fraction of sp³-hybridized carbons (Fsp3) is 0.310. The molecule has 0 heterocycles. The lowest BCUT2D eigenvalue weighted by Gasteiger charge is -2.33. The molecule has 0 bridgehead atoms. The number of amides is 2. The van der Waals surface area contributed by atoms with E-state index in [1.807, 2.05) is 68.4 Å². The zero-order chi connectivity index (χ0) is 28.6. The third kappa shape index (κ3) is 9.47. The maximum absolute atomic E-state index is 14.0. The highest BCUT2D eigenvalue weighted by Crippen LogP contribution is 2.24. The summed E-state index contributed by atoms with van der Waals surface area (Å²) in [6, 6.07) is 22.9. The molecule has 3 aromatic rings. The van der Waals surface area contributed by atoms with Crippen molar-refractivity contribution in [2.75, 3.05) is 23.7 Å². The maximum atomic E-state index is 14.0. The third-order valence-electron chi connectivity index (χ3n) is 6.00. The summed E-state index contributed by atoms with van der Waals surface area (Å²) < 4.78 is 28.3. The first-order valence-electron chi connectivity index (χ1n) is 12.5. The van der Waals surface area contributed by atoms with Gasteiger partial charge in [0.2, 0.25) is 21.8 Å². The van der Waals surface area contributed by atoms with E-state index < -0.39 is 28.5 Å². The minimum Gasteiger partial charge on any atom is -0.354 e. The van der Waals surface area contributed by atoms with Crippen molar-refractivity contribution in [2.24, 2.45) is 5.92 Å². The Morgan fingerprint density at radius 2 is 1.54 bits per heavy atom. The summed E-state index contributed by atoms with van der Waals surface area (Å²) in [4.78, 5) is 29.1. The molecule has 3 rings (SSSR count). The summed E-state index contributed by atoms with van der Waals surface area (Å²) in [6.07, 6.45) is 1.35. The normalized spacial score (nSPS) is 12.2. The van der Waals surface area contributed by atoms with Gasteiger partial charge in [0.25, 0.3) is 0 Å². The van der Waals surface area contributed by atoms with Gasteiger partial charge in [-0.1, -0.05) is 94.2 Å². The van der Waals surface area contributed by atoms with E-state index in [4.69, 9.17) is 0 Å². The number of hydrogen-bond acceptors (Lipinski definition) is 4. The number of benzene rings is 3. The number of halogens is 2. The highest BCUT2D eigenvalue weighted by molar-refractivity contribution is 9.10. The van der Waals surface area contributed by atoms with Crippen LogP contribution in [0.2, 0.25) is 0 Å². The summed E-state index contributed by atoms with van der Waals surface area (Å²) in [5, 5.41) is 2.98. The predicted molar refractivity (Wildman–Crippen MR) is 163 cm³/mol. The Kier molecular flexibility index (Phi) is 11.1. The first kappa shape index (κ1) is 30.8. The molecular weight excluding hydrogens is 646 g/mol. The van der Waals surface area contributed by atoms with E-state index in [0.29, 0.717) is 16.7 Å². The number of carbonyl (C=O) groups is 2. The van der Waals surface area contributed by atoms with Gasteiger partial charge in [-0.15, -0.1) is 0 Å². The zero-order valence-electron chi connectivity index (χ0n) is 22.2. The van der Waals surface area contributed by atoms with Crippen LogP contribution in [-0.2, 0) is 32.6 Å². The number of carbonyl (C=O) groups excluding carboxylic acids is 2. The fourth-order valence-corrected chi connectivity index (χ4v) is 5.50. The molecule has 10 heteroatoms. The Morgan fingerprint density at radius 3 is 2.13 bits per heavy atom. The van der Waals surface area contributed by atoms with Crippen molar-refractivity contribution >= 4 is 59.4 Å². The molecule has 0 radical (unpaired) electrons. The van der Waals surface area contributed by atoms with Gasteiger partial charge in [0.1, 0.15) is 12.6 Å². The minimum absolute atomic E-state index is 0.134. The smallest absolute Gasteiger partial charge is 0.244 e. The molecule has 7 nitrogen and oxygen atoms in total. The lowest BCUT2D eigenvalue weighted by atomic mass is 10.0. The average Bonchev–Trinajstić information content (AvgIpc) is 2.88. The lowest BCUT2D eigenvalue weighted by Crippen LogP contribution is -2.53. The van der Waals surface area contributed by atoms with Crippen molar-refractivity contribution in [2.45, 2.75) is 32.9 Å². The van der Waals surface area contributed by atoms with Crippen molar-refractivity contribution < 1.29 is 18.0 Å². The quantitative estimate of drug-likeness (QED) is 0.278. The Hall–Kier alpha value is -2.69. The number of nitrogens with one attached hydrogen (secondary N) is 1. The van der Waals surface area contributed by atoms with Crippen LogP contribution in [0, 0.1) is 5.92 Å². The van der Waals surface area contributed by atoms with E-state index in [-0.39, 0.29) is 24.8 Å². The molecule has 0 saturated heterocycles. The number of nitrogens with zero attached hydrogens (tertiary/aromatic N) is 2. The van der Waals surface area contributed by atoms with Gasteiger partial charge in [0, 0.05) is 28.5 Å². The molecule has 1 atom stereocenters. The molecule has 39 heavy (non-hydrogen) atoms. The van der Waals surface area contributed by atoms with E-state index >= 15 is 0 Å². The number of hydrogen-bond donors (Lipinski definition) is 1. The van der Waals surface area contributed by atoms with Crippen LogP contribution in [0.5, 0.6) is 0 Å². The van der Waals surface area contributed by atoms with E-state index in [0.717, 1.165) is 26.2 Å². The topological polar surface area (TPSA) is 86.8 Å². The first-order chi connectivity index (χ1) is 18.4. The van der Waals surface area contributed by atoms with Crippen LogP contribution in [0.15, 0.2) is 87.8 Å². The predicted octanol–water partition coefficient (Wildman–Crippen LogP) is 5.39. The van der Waals surface area contributed by atoms with Gasteiger partial charge >= 0.3 is 0 Å². The Morgan fingerprint density at radius 1 is 0.872 bits per heavy atom. The molecule has 1 unspecified atom stereocenters. The number of sulfonamides is 1. The molecule has 0 aromatic heterocycles. The van der Waals surface area contributed by atoms with Crippen molar-refractivity contribution in [1.29, 1.82) is 0 Å². The van der Waals surface area contributed by atoms with Crippen molar-refractivity contribution in [3.05, 3.63) is 98.9 Å². The Bertz CT molecular complexity index is 1370. The second kappa shape index (κ2) is 14.1. The number of rotatable bonds is 12. The van der Waals surface area contributed by atoms with E-state index in [1.165, 1.54) is 4.90 Å². The van der Waals surface area contributed by atoms with E-state index in [1.54, 1.807) is 24.3 Å². The molecule has 0 fully saturated rings. The SMILES string of the molecule is CC(C)CNC(=O)C(Cc1ccccc1)N(Cc1ccc(Br)cc1)C(=O)CN(c1cccc(Br)c1)S(C)(=O)=O. The largest absolute Gasteiger partial charge is 0.354 e. The van der Waals surface area contributed by atoms with Crippen LogP contribution in [0.1, 0.15) is 25.0 Å². The molecule has 208 valence electrons. The van der Waals surface area contributed by atoms with Gasteiger partial charge in [-0.2, -0.15) is 0 Å². The molecule has 0 aliphatic carbocycles. The number of anilines is 1. The van der Waals surface area contributed by atoms with E-state index in [9.17, 15) is 18.0 Å². The van der Waals surface area contributed by atoms with Crippen LogP contribution in [0.3, 0.4) is 0 Å². The highest BCUT2D eigenvalue weighted by atomic mass is 79.9. The summed E-state index contributed by atoms with van der Waals surface area (Å²) in [5.74, 6) is -0.547. The second-order valence-corrected chi connectivity index (χ2v) is 13.5. The summed E-state index contributed by atoms with van der Waals surface area (Å²) in [6.45, 7) is 4.14. The third-order valence-corrected chi connectivity index (χ3v) is 8.16. The van der Waals surface area contributed by atoms with Crippen molar-refractivity contribution in [3.8, 4) is 0 Å². The summed E-state index contributed by atoms with van der Waals surface area (Å²) >= 11 is 6.81. The Balaban J connectivity index is 2.04. The first-order valence-corrected chi connectivity index (χ1v) is 16.0. The summed E-state index contributed by atoms with van der Waals surface area (Å²) in [7, 11) is -3.81. The maximum Gasteiger partial charge on any atom is 0.244 e. The van der Waals surface area contributed by atoms with Crippen LogP contribution in [-0.4, -0.2) is 50.5 Å². The zero-order valence-corrected chi connectivity index (χ0v) is 26.2. The standard InChI is InChI=1S/C29H33Br2N3O4S/c1-21(2)18-32-29(36)27(16-22-8-5-4-6-9-22)33(19-23-12-14-24(30)15-13-23)28(35)20-34(39(3,37)38)26-11-7-10-25(31)17-26/h4-15,17,21,27H,16,18-20H2,1-3H3,(H,32,36). The van der Waals surface area contributed by atoms with Gasteiger partial charge in [-0.05, 0) is 47.4 Å². The minimum atomic E-state index is -3.81. The highest BCUT2D eigenvalue weighted by Gasteiger charge is 2.33. The van der Waals surface area contributed by atoms with Gasteiger partial charge < -0.3 is 10.2 Å². The van der Waals surface area contributed by atoms with E-state index in [2.05, 4.69) is 37.2 Å². The Labute approximate surface area is 247 Å². The second-order valence-electron chi connectivity index (χ2n) is 9.74. The van der Waals surface area contributed by atoms with Crippen LogP contribution >= 0.6 is 31.9 Å². The molecular formula is C29H33Br2N3O4S. The summed E-state index contributed by atoms with van der Waals surface area (Å²) in [5.41, 5.74) is 2.06. The van der Waals surface area contributed by atoms with Gasteiger partial charge in [-0.3, -0.25) is 13.9 Å². The monoisotopic (exact) mass is 677 g/mol.